The molecule has 4 nitrogen and oxygen atoms in total. The van der Waals surface area contributed by atoms with Gasteiger partial charge in [0.05, 0.1) is 12.2 Å². The Morgan fingerprint density at radius 3 is 3.10 bits per heavy atom. The summed E-state index contributed by atoms with van der Waals surface area (Å²) in [5, 5.41) is 11.8. The fourth-order valence-corrected chi connectivity index (χ4v) is 2.90. The molecule has 0 spiro atoms. The maximum absolute atomic E-state index is 13.6. The van der Waals surface area contributed by atoms with Crippen LogP contribution in [0.4, 0.5) is 10.1 Å². The zero-order valence-corrected chi connectivity index (χ0v) is 12.6. The minimum atomic E-state index is -0.494. The van der Waals surface area contributed by atoms with Gasteiger partial charge in [-0.15, -0.1) is 0 Å². The first-order chi connectivity index (χ1) is 10.1. The van der Waals surface area contributed by atoms with Crippen LogP contribution in [0.25, 0.3) is 0 Å². The minimum Gasteiger partial charge on any atom is -0.396 e. The van der Waals surface area contributed by atoms with Crippen molar-refractivity contribution in [3.63, 3.8) is 0 Å². The fraction of sp³-hybridized carbons (Fsp3) is 0.533. The summed E-state index contributed by atoms with van der Waals surface area (Å²) in [6.45, 7) is 1.27. The number of hydrogen-bond donors (Lipinski definition) is 2. The summed E-state index contributed by atoms with van der Waals surface area (Å²) in [6.07, 6.45) is 3.72. The van der Waals surface area contributed by atoms with Gasteiger partial charge in [0, 0.05) is 17.7 Å². The van der Waals surface area contributed by atoms with Crippen molar-refractivity contribution in [1.29, 1.82) is 0 Å². The molecule has 1 atom stereocenters. The second kappa shape index (κ2) is 7.73. The number of carbonyl (C=O) groups excluding carboxylic acids is 1. The Balaban J connectivity index is 1.90. The van der Waals surface area contributed by atoms with Gasteiger partial charge in [-0.1, -0.05) is 11.6 Å². The van der Waals surface area contributed by atoms with E-state index < -0.39 is 5.82 Å². The predicted molar refractivity (Wildman–Crippen MR) is 81.0 cm³/mol. The number of amides is 1. The molecule has 21 heavy (non-hydrogen) atoms. The second-order valence-corrected chi connectivity index (χ2v) is 5.74. The molecule has 0 bridgehead atoms. The molecule has 1 aromatic carbocycles. The smallest absolute Gasteiger partial charge is 0.238 e. The lowest BCUT2D eigenvalue weighted by molar-refractivity contribution is -0.117. The Labute approximate surface area is 128 Å². The van der Waals surface area contributed by atoms with E-state index in [1.54, 1.807) is 0 Å². The van der Waals surface area contributed by atoms with Crippen LogP contribution in [0.2, 0.25) is 5.02 Å². The number of halogens is 2. The van der Waals surface area contributed by atoms with Crippen molar-refractivity contribution in [2.24, 2.45) is 0 Å². The van der Waals surface area contributed by atoms with Crippen molar-refractivity contribution in [3.8, 4) is 0 Å². The molecule has 0 aromatic heterocycles. The van der Waals surface area contributed by atoms with Crippen LogP contribution in [0.3, 0.4) is 0 Å². The first kappa shape index (κ1) is 16.2. The lowest BCUT2D eigenvalue weighted by Crippen LogP contribution is -2.37. The number of nitrogens with zero attached hydrogens (tertiary/aromatic N) is 1. The Kier molecular flexibility index (Phi) is 5.96. The van der Waals surface area contributed by atoms with Crippen molar-refractivity contribution in [2.45, 2.75) is 31.7 Å². The third-order valence-electron chi connectivity index (χ3n) is 3.74. The highest BCUT2D eigenvalue weighted by molar-refractivity contribution is 6.30. The molecular formula is C15H20ClFN2O2. The van der Waals surface area contributed by atoms with E-state index in [9.17, 15) is 9.18 Å². The van der Waals surface area contributed by atoms with Crippen LogP contribution in [-0.2, 0) is 4.79 Å². The van der Waals surface area contributed by atoms with Gasteiger partial charge in [-0.2, -0.15) is 0 Å². The van der Waals surface area contributed by atoms with Crippen molar-refractivity contribution < 1.29 is 14.3 Å². The standard InChI is InChI=1S/C15H20ClFN2O2/c16-11-5-6-13(17)14(9-11)18-15(21)10-19-7-1-3-12(19)4-2-8-20/h5-6,9,12,20H,1-4,7-8,10H2,(H,18,21)/t12-/m1/s1. The zero-order valence-electron chi connectivity index (χ0n) is 11.8. The van der Waals surface area contributed by atoms with E-state index in [0.29, 0.717) is 11.1 Å². The first-order valence-corrected chi connectivity index (χ1v) is 7.58. The van der Waals surface area contributed by atoms with E-state index in [2.05, 4.69) is 10.2 Å². The van der Waals surface area contributed by atoms with E-state index >= 15 is 0 Å². The Morgan fingerprint density at radius 1 is 1.52 bits per heavy atom. The summed E-state index contributed by atoms with van der Waals surface area (Å²) in [6, 6.07) is 4.41. The number of anilines is 1. The van der Waals surface area contributed by atoms with Gasteiger partial charge in [0.2, 0.25) is 5.91 Å². The largest absolute Gasteiger partial charge is 0.396 e. The number of aliphatic hydroxyl groups is 1. The highest BCUT2D eigenvalue weighted by atomic mass is 35.5. The molecule has 1 fully saturated rings. The molecule has 6 heteroatoms. The lowest BCUT2D eigenvalue weighted by Gasteiger charge is -2.23. The number of likely N-dealkylation sites (tertiary alicyclic amines) is 1. The van der Waals surface area contributed by atoms with E-state index in [1.165, 1.54) is 18.2 Å². The van der Waals surface area contributed by atoms with Gasteiger partial charge in [0.15, 0.2) is 0 Å². The van der Waals surface area contributed by atoms with Crippen molar-refractivity contribution in [2.75, 3.05) is 25.0 Å². The Hall–Kier alpha value is -1.17. The number of hydrogen-bond acceptors (Lipinski definition) is 3. The fourth-order valence-electron chi connectivity index (χ4n) is 2.72. The van der Waals surface area contributed by atoms with E-state index in [1.807, 2.05) is 0 Å². The molecule has 1 amide bonds. The third-order valence-corrected chi connectivity index (χ3v) is 3.98. The zero-order chi connectivity index (χ0) is 15.2. The number of aliphatic hydroxyl groups excluding tert-OH is 1. The number of nitrogens with one attached hydrogen (secondary N) is 1. The van der Waals surface area contributed by atoms with E-state index in [0.717, 1.165) is 32.2 Å². The third kappa shape index (κ3) is 4.66. The molecule has 1 heterocycles. The molecule has 1 aromatic rings. The molecule has 2 N–H and O–H groups in total. The molecule has 0 aliphatic carbocycles. The van der Waals surface area contributed by atoms with Crippen LogP contribution >= 0.6 is 11.6 Å². The Morgan fingerprint density at radius 2 is 2.33 bits per heavy atom. The maximum Gasteiger partial charge on any atom is 0.238 e. The van der Waals surface area contributed by atoms with Crippen LogP contribution in [0, 0.1) is 5.82 Å². The van der Waals surface area contributed by atoms with Crippen LogP contribution in [0.5, 0.6) is 0 Å². The predicted octanol–water partition coefficient (Wildman–Crippen LogP) is 2.65. The van der Waals surface area contributed by atoms with Gasteiger partial charge >= 0.3 is 0 Å². The molecule has 1 aliphatic rings. The summed E-state index contributed by atoms with van der Waals surface area (Å²) >= 11 is 5.80. The quantitative estimate of drug-likeness (QED) is 0.849. The summed E-state index contributed by atoms with van der Waals surface area (Å²) in [5.41, 5.74) is 0.110. The van der Waals surface area contributed by atoms with Gasteiger partial charge in [-0.05, 0) is 50.4 Å². The molecular weight excluding hydrogens is 295 g/mol. The summed E-state index contributed by atoms with van der Waals surface area (Å²) in [7, 11) is 0. The molecule has 0 radical (unpaired) electrons. The lowest BCUT2D eigenvalue weighted by atomic mass is 10.1. The monoisotopic (exact) mass is 314 g/mol. The Bertz CT molecular complexity index is 499. The van der Waals surface area contributed by atoms with Crippen LogP contribution in [0.1, 0.15) is 25.7 Å². The summed E-state index contributed by atoms with van der Waals surface area (Å²) in [5.74, 6) is -0.738. The SMILES string of the molecule is O=C(CN1CCC[C@@H]1CCCO)Nc1cc(Cl)ccc1F. The number of rotatable bonds is 6. The minimum absolute atomic E-state index is 0.110. The van der Waals surface area contributed by atoms with Gasteiger partial charge < -0.3 is 10.4 Å². The summed E-state index contributed by atoms with van der Waals surface area (Å²) in [4.78, 5) is 14.1. The molecule has 1 aliphatic heterocycles. The van der Waals surface area contributed by atoms with Crippen molar-refractivity contribution >= 4 is 23.2 Å². The van der Waals surface area contributed by atoms with Crippen LogP contribution < -0.4 is 5.32 Å². The average Bonchev–Trinajstić information content (AvgIpc) is 2.87. The molecule has 2 rings (SSSR count). The maximum atomic E-state index is 13.6. The molecule has 0 saturated carbocycles. The topological polar surface area (TPSA) is 52.6 Å². The normalized spacial score (nSPS) is 18.9. The van der Waals surface area contributed by atoms with E-state index in [4.69, 9.17) is 16.7 Å². The highest BCUT2D eigenvalue weighted by Gasteiger charge is 2.25. The van der Waals surface area contributed by atoms with Crippen LogP contribution in [0.15, 0.2) is 18.2 Å². The molecule has 116 valence electrons. The molecule has 1 saturated heterocycles. The number of carbonyl (C=O) groups is 1. The number of benzene rings is 1. The average molecular weight is 315 g/mol. The van der Waals surface area contributed by atoms with Crippen molar-refractivity contribution in [1.82, 2.24) is 4.90 Å². The van der Waals surface area contributed by atoms with Crippen molar-refractivity contribution in [3.05, 3.63) is 29.0 Å². The van der Waals surface area contributed by atoms with Gasteiger partial charge in [0.25, 0.3) is 0 Å². The summed E-state index contributed by atoms with van der Waals surface area (Å²) < 4.78 is 13.6. The van der Waals surface area contributed by atoms with Gasteiger partial charge in [-0.3, -0.25) is 9.69 Å². The first-order valence-electron chi connectivity index (χ1n) is 7.20. The van der Waals surface area contributed by atoms with Crippen LogP contribution in [-0.4, -0.2) is 41.7 Å². The van der Waals surface area contributed by atoms with Gasteiger partial charge in [0.1, 0.15) is 5.82 Å². The molecule has 0 unspecified atom stereocenters. The second-order valence-electron chi connectivity index (χ2n) is 5.30. The van der Waals surface area contributed by atoms with E-state index in [-0.39, 0.29) is 24.7 Å². The highest BCUT2D eigenvalue weighted by Crippen LogP contribution is 2.22. The van der Waals surface area contributed by atoms with Gasteiger partial charge in [-0.25, -0.2) is 4.39 Å².